The number of nitrogens with zero attached hydrogens (tertiary/aromatic N) is 1. The van der Waals surface area contributed by atoms with Gasteiger partial charge in [-0.1, -0.05) is 26.0 Å². The van der Waals surface area contributed by atoms with E-state index >= 15 is 0 Å². The average Bonchev–Trinajstić information content (AvgIpc) is 2.37. The number of aliphatic carboxylic acids is 1. The van der Waals surface area contributed by atoms with E-state index in [1.54, 1.807) is 19.1 Å². The van der Waals surface area contributed by atoms with Gasteiger partial charge in [0.25, 0.3) is 5.69 Å². The monoisotopic (exact) mass is 266 g/mol. The normalized spacial score (nSPS) is 15.5. The highest BCUT2D eigenvalue weighted by molar-refractivity contribution is 5.69. The predicted molar refractivity (Wildman–Crippen MR) is 70.9 cm³/mol. The molecule has 1 rings (SSSR count). The Morgan fingerprint density at radius 3 is 2.32 bits per heavy atom. The van der Waals surface area contributed by atoms with Crippen LogP contribution < -0.4 is 5.73 Å². The Kier molecular flexibility index (Phi) is 5.00. The van der Waals surface area contributed by atoms with E-state index in [0.717, 1.165) is 5.56 Å². The Bertz CT molecular complexity index is 458. The highest BCUT2D eigenvalue weighted by atomic mass is 16.6. The summed E-state index contributed by atoms with van der Waals surface area (Å²) in [5.41, 5.74) is 6.89. The summed E-state index contributed by atoms with van der Waals surface area (Å²) < 4.78 is 0. The zero-order chi connectivity index (χ0) is 14.6. The van der Waals surface area contributed by atoms with Gasteiger partial charge in [0.05, 0.1) is 10.8 Å². The summed E-state index contributed by atoms with van der Waals surface area (Å²) >= 11 is 0. The van der Waals surface area contributed by atoms with E-state index in [9.17, 15) is 14.9 Å². The van der Waals surface area contributed by atoms with Crippen LogP contribution in [0.3, 0.4) is 0 Å². The van der Waals surface area contributed by atoms with Gasteiger partial charge in [0.1, 0.15) is 0 Å². The van der Waals surface area contributed by atoms with Crippen molar-refractivity contribution < 1.29 is 14.8 Å². The van der Waals surface area contributed by atoms with Crippen LogP contribution in [0.1, 0.15) is 31.7 Å². The third-order valence-electron chi connectivity index (χ3n) is 3.32. The molecule has 0 radical (unpaired) electrons. The van der Waals surface area contributed by atoms with E-state index in [1.807, 2.05) is 6.92 Å². The Morgan fingerprint density at radius 1 is 1.37 bits per heavy atom. The zero-order valence-electron chi connectivity index (χ0n) is 10.9. The molecule has 0 bridgehead atoms. The molecule has 0 aliphatic rings. The van der Waals surface area contributed by atoms with Gasteiger partial charge in [0, 0.05) is 18.2 Å². The van der Waals surface area contributed by atoms with Crippen molar-refractivity contribution in [3.8, 4) is 0 Å². The molecule has 6 nitrogen and oxygen atoms in total. The number of carboxylic acid groups (broad SMARTS) is 1. The van der Waals surface area contributed by atoms with Crippen LogP contribution in [-0.4, -0.2) is 22.0 Å². The highest BCUT2D eigenvalue weighted by Crippen LogP contribution is 2.24. The van der Waals surface area contributed by atoms with Crippen molar-refractivity contribution in [2.45, 2.75) is 32.2 Å². The van der Waals surface area contributed by atoms with E-state index in [4.69, 9.17) is 10.8 Å². The molecule has 1 aromatic rings. The van der Waals surface area contributed by atoms with Crippen LogP contribution in [0.25, 0.3) is 0 Å². The van der Waals surface area contributed by atoms with Gasteiger partial charge in [-0.3, -0.25) is 14.9 Å². The number of non-ortho nitro benzene ring substituents is 1. The van der Waals surface area contributed by atoms with Crippen LogP contribution in [0.15, 0.2) is 24.3 Å². The van der Waals surface area contributed by atoms with E-state index in [0.29, 0.717) is 6.42 Å². The van der Waals surface area contributed by atoms with Crippen molar-refractivity contribution in [2.75, 3.05) is 0 Å². The molecule has 1 aromatic carbocycles. The molecule has 3 unspecified atom stereocenters. The van der Waals surface area contributed by atoms with Crippen LogP contribution in [0, 0.1) is 16.0 Å². The van der Waals surface area contributed by atoms with Gasteiger partial charge in [0.15, 0.2) is 0 Å². The minimum Gasteiger partial charge on any atom is -0.481 e. The topological polar surface area (TPSA) is 106 Å². The number of nitrogens with two attached hydrogens (primary N) is 1. The van der Waals surface area contributed by atoms with E-state index in [-0.39, 0.29) is 17.6 Å². The van der Waals surface area contributed by atoms with Crippen molar-refractivity contribution in [3.05, 3.63) is 39.9 Å². The van der Waals surface area contributed by atoms with Gasteiger partial charge in [-0.05, 0) is 17.9 Å². The van der Waals surface area contributed by atoms with Crippen LogP contribution in [0.5, 0.6) is 0 Å². The number of benzene rings is 1. The zero-order valence-corrected chi connectivity index (χ0v) is 10.9. The quantitative estimate of drug-likeness (QED) is 0.606. The molecule has 3 atom stereocenters. The van der Waals surface area contributed by atoms with Crippen molar-refractivity contribution in [3.63, 3.8) is 0 Å². The second-order valence-corrected chi connectivity index (χ2v) is 4.78. The van der Waals surface area contributed by atoms with Gasteiger partial charge in [-0.25, -0.2) is 0 Å². The maximum Gasteiger partial charge on any atom is 0.306 e. The highest BCUT2D eigenvalue weighted by Gasteiger charge is 2.21. The Morgan fingerprint density at radius 2 is 1.89 bits per heavy atom. The van der Waals surface area contributed by atoms with Gasteiger partial charge in [-0.2, -0.15) is 0 Å². The molecule has 0 saturated heterocycles. The largest absolute Gasteiger partial charge is 0.481 e. The maximum absolute atomic E-state index is 10.8. The fraction of sp³-hybridized carbons (Fsp3) is 0.462. The Labute approximate surface area is 111 Å². The molecule has 19 heavy (non-hydrogen) atoms. The lowest BCUT2D eigenvalue weighted by molar-refractivity contribution is -0.384. The number of carbonyl (C=O) groups is 1. The number of nitro groups is 1. The maximum atomic E-state index is 10.8. The Balaban J connectivity index is 2.73. The van der Waals surface area contributed by atoms with Crippen LogP contribution >= 0.6 is 0 Å². The molecule has 0 saturated carbocycles. The lowest BCUT2D eigenvalue weighted by Crippen LogP contribution is -2.30. The smallest absolute Gasteiger partial charge is 0.306 e. The van der Waals surface area contributed by atoms with Gasteiger partial charge in [0.2, 0.25) is 0 Å². The first-order valence-electron chi connectivity index (χ1n) is 6.05. The fourth-order valence-corrected chi connectivity index (χ4v) is 1.86. The Hall–Kier alpha value is -1.95. The average molecular weight is 266 g/mol. The van der Waals surface area contributed by atoms with Crippen molar-refractivity contribution in [1.29, 1.82) is 0 Å². The molecule has 0 heterocycles. The summed E-state index contributed by atoms with van der Waals surface area (Å²) in [7, 11) is 0. The first kappa shape index (κ1) is 15.1. The number of nitro benzene ring substituents is 1. The van der Waals surface area contributed by atoms with Gasteiger partial charge < -0.3 is 10.8 Å². The second kappa shape index (κ2) is 6.29. The standard InChI is InChI=1S/C13H18N2O4/c1-8(13(16)17)7-12(14)9(2)10-3-5-11(6-4-10)15(18)19/h3-6,8-9,12H,7,14H2,1-2H3,(H,16,17). The van der Waals surface area contributed by atoms with Crippen molar-refractivity contribution in [1.82, 2.24) is 0 Å². The van der Waals surface area contributed by atoms with Crippen LogP contribution in [0.2, 0.25) is 0 Å². The summed E-state index contributed by atoms with van der Waals surface area (Å²) in [5, 5.41) is 19.4. The molecule has 0 amide bonds. The van der Waals surface area contributed by atoms with Crippen molar-refractivity contribution in [2.24, 2.45) is 11.7 Å². The number of hydrogen-bond donors (Lipinski definition) is 2. The third kappa shape index (κ3) is 4.03. The first-order valence-corrected chi connectivity index (χ1v) is 6.05. The SMILES string of the molecule is CC(CC(N)C(C)c1ccc([N+](=O)[O-])cc1)C(=O)O. The lowest BCUT2D eigenvalue weighted by Gasteiger charge is -2.21. The van der Waals surface area contributed by atoms with Crippen molar-refractivity contribution >= 4 is 11.7 Å². The van der Waals surface area contributed by atoms with Crippen LogP contribution in [0.4, 0.5) is 5.69 Å². The summed E-state index contributed by atoms with van der Waals surface area (Å²) in [6.07, 6.45) is 0.369. The first-order chi connectivity index (χ1) is 8.82. The minimum atomic E-state index is -0.869. The molecule has 6 heteroatoms. The second-order valence-electron chi connectivity index (χ2n) is 4.78. The van der Waals surface area contributed by atoms with Crippen LogP contribution in [-0.2, 0) is 4.79 Å². The predicted octanol–water partition coefficient (Wildman–Crippen LogP) is 2.14. The molecule has 3 N–H and O–H groups in total. The molecular weight excluding hydrogens is 248 g/mol. The summed E-state index contributed by atoms with van der Waals surface area (Å²) in [6.45, 7) is 3.51. The van der Waals surface area contributed by atoms with E-state index < -0.39 is 16.8 Å². The fourth-order valence-electron chi connectivity index (χ4n) is 1.86. The van der Waals surface area contributed by atoms with Gasteiger partial charge in [-0.15, -0.1) is 0 Å². The molecule has 0 aliphatic carbocycles. The molecule has 0 fully saturated rings. The van der Waals surface area contributed by atoms with Gasteiger partial charge >= 0.3 is 5.97 Å². The molecule has 104 valence electrons. The lowest BCUT2D eigenvalue weighted by atomic mass is 9.88. The summed E-state index contributed by atoms with van der Waals surface area (Å²) in [4.78, 5) is 20.9. The number of hydrogen-bond acceptors (Lipinski definition) is 4. The summed E-state index contributed by atoms with van der Waals surface area (Å²) in [6, 6.07) is 5.88. The summed E-state index contributed by atoms with van der Waals surface area (Å²) in [5.74, 6) is -1.43. The number of rotatable bonds is 6. The number of carboxylic acids is 1. The molecule has 0 aliphatic heterocycles. The van der Waals surface area contributed by atoms with E-state index in [2.05, 4.69) is 0 Å². The molecule has 0 spiro atoms. The third-order valence-corrected chi connectivity index (χ3v) is 3.32. The molecular formula is C13H18N2O4. The minimum absolute atomic E-state index is 0.0309. The molecule has 0 aromatic heterocycles. The van der Waals surface area contributed by atoms with E-state index in [1.165, 1.54) is 12.1 Å².